The Balaban J connectivity index is 2.97. The molecular weight excluding hydrogens is 290 g/mol. The molecule has 112 valence electrons. The minimum Gasteiger partial charge on any atom is -0.389 e. The molecule has 0 amide bonds. The topological polar surface area (TPSA) is 32.5 Å². The van der Waals surface area contributed by atoms with Crippen molar-refractivity contribution in [1.29, 1.82) is 0 Å². The Labute approximate surface area is 132 Å². The van der Waals surface area contributed by atoms with E-state index in [1.165, 1.54) is 0 Å². The van der Waals surface area contributed by atoms with E-state index in [1.54, 1.807) is 0 Å². The average Bonchev–Trinajstić information content (AvgIpc) is 2.33. The molecule has 0 atom stereocenters. The van der Waals surface area contributed by atoms with E-state index in [0.717, 1.165) is 30.9 Å². The van der Waals surface area contributed by atoms with Gasteiger partial charge in [-0.1, -0.05) is 37.7 Å². The maximum absolute atomic E-state index is 6.40. The normalized spacial score (nSPS) is 11.2. The summed E-state index contributed by atoms with van der Waals surface area (Å²) in [4.78, 5) is 4.86. The van der Waals surface area contributed by atoms with Crippen molar-refractivity contribution in [1.82, 2.24) is 4.90 Å². The molecule has 0 saturated heterocycles. The number of nitrogens with zero attached hydrogens (tertiary/aromatic N) is 2. The first-order valence-corrected chi connectivity index (χ1v) is 7.59. The van der Waals surface area contributed by atoms with Gasteiger partial charge in [0.1, 0.15) is 4.99 Å². The van der Waals surface area contributed by atoms with Crippen LogP contribution in [0.2, 0.25) is 5.02 Å². The Morgan fingerprint density at radius 1 is 1.30 bits per heavy atom. The van der Waals surface area contributed by atoms with E-state index in [1.807, 2.05) is 18.2 Å². The van der Waals surface area contributed by atoms with Crippen molar-refractivity contribution in [3.8, 4) is 0 Å². The number of hydrogen-bond donors (Lipinski definition) is 1. The van der Waals surface area contributed by atoms with Gasteiger partial charge in [-0.3, -0.25) is 0 Å². The molecule has 0 unspecified atom stereocenters. The third-order valence-electron chi connectivity index (χ3n) is 2.98. The van der Waals surface area contributed by atoms with Crippen LogP contribution in [0.5, 0.6) is 0 Å². The monoisotopic (exact) mass is 313 g/mol. The van der Waals surface area contributed by atoms with Crippen molar-refractivity contribution in [3.05, 3.63) is 28.8 Å². The number of anilines is 1. The largest absolute Gasteiger partial charge is 0.389 e. The molecule has 1 aromatic rings. The van der Waals surface area contributed by atoms with Crippen molar-refractivity contribution in [3.63, 3.8) is 0 Å². The number of halogens is 1. The van der Waals surface area contributed by atoms with Crippen LogP contribution in [-0.4, -0.2) is 43.6 Å². The Bertz CT molecular complexity index is 460. The number of benzene rings is 1. The minimum absolute atomic E-state index is 0.377. The molecule has 0 aliphatic heterocycles. The second-order valence-corrected chi connectivity index (χ2v) is 6.52. The highest BCUT2D eigenvalue weighted by Crippen LogP contribution is 2.27. The zero-order valence-corrected chi connectivity index (χ0v) is 14.3. The molecule has 3 nitrogen and oxygen atoms in total. The van der Waals surface area contributed by atoms with Gasteiger partial charge in [-0.05, 0) is 38.2 Å². The van der Waals surface area contributed by atoms with Gasteiger partial charge in [0.15, 0.2) is 0 Å². The summed E-state index contributed by atoms with van der Waals surface area (Å²) in [5.74, 6) is 0.573. The molecule has 20 heavy (non-hydrogen) atoms. The van der Waals surface area contributed by atoms with Crippen LogP contribution in [0.15, 0.2) is 18.2 Å². The molecule has 0 aliphatic carbocycles. The van der Waals surface area contributed by atoms with Crippen LogP contribution in [0, 0.1) is 5.92 Å². The lowest BCUT2D eigenvalue weighted by Crippen LogP contribution is -2.34. The molecule has 1 rings (SSSR count). The fourth-order valence-electron chi connectivity index (χ4n) is 1.99. The van der Waals surface area contributed by atoms with Gasteiger partial charge in [0.25, 0.3) is 0 Å². The summed E-state index contributed by atoms with van der Waals surface area (Å²) in [6, 6.07) is 5.80. The highest BCUT2D eigenvalue weighted by Gasteiger charge is 2.13. The Hall–Kier alpha value is -0.840. The first-order valence-electron chi connectivity index (χ1n) is 6.80. The molecule has 0 saturated carbocycles. The van der Waals surface area contributed by atoms with E-state index in [-0.39, 0.29) is 0 Å². The molecule has 2 N–H and O–H groups in total. The van der Waals surface area contributed by atoms with Crippen LogP contribution >= 0.6 is 23.8 Å². The van der Waals surface area contributed by atoms with Crippen molar-refractivity contribution < 1.29 is 0 Å². The predicted octanol–water partition coefficient (Wildman–Crippen LogP) is 3.00. The molecular formula is C15H24ClN3S. The third kappa shape index (κ3) is 5.27. The highest BCUT2D eigenvalue weighted by molar-refractivity contribution is 7.80. The second kappa shape index (κ2) is 7.81. The first-order chi connectivity index (χ1) is 9.31. The molecule has 1 aromatic carbocycles. The van der Waals surface area contributed by atoms with Gasteiger partial charge in [0, 0.05) is 25.2 Å². The number of thiocarbonyl (C=S) groups is 1. The average molecular weight is 314 g/mol. The van der Waals surface area contributed by atoms with Crippen LogP contribution in [0.1, 0.15) is 19.4 Å². The van der Waals surface area contributed by atoms with Crippen LogP contribution in [0.25, 0.3) is 0 Å². The first kappa shape index (κ1) is 17.2. The minimum atomic E-state index is 0.377. The van der Waals surface area contributed by atoms with Crippen LogP contribution in [0.4, 0.5) is 5.69 Å². The van der Waals surface area contributed by atoms with Crippen LogP contribution in [-0.2, 0) is 0 Å². The molecule has 0 fully saturated rings. The summed E-state index contributed by atoms with van der Waals surface area (Å²) in [6.45, 7) is 7.32. The van der Waals surface area contributed by atoms with E-state index in [0.29, 0.717) is 15.9 Å². The van der Waals surface area contributed by atoms with Crippen molar-refractivity contribution in [2.75, 3.05) is 38.6 Å². The Morgan fingerprint density at radius 3 is 2.40 bits per heavy atom. The van der Waals surface area contributed by atoms with Gasteiger partial charge in [0.05, 0.1) is 10.7 Å². The molecule has 0 heterocycles. The molecule has 0 radical (unpaired) electrons. The van der Waals surface area contributed by atoms with E-state index in [9.17, 15) is 0 Å². The Kier molecular flexibility index (Phi) is 6.72. The van der Waals surface area contributed by atoms with E-state index in [4.69, 9.17) is 29.6 Å². The number of likely N-dealkylation sites (N-methyl/N-ethyl adjacent to an activating group) is 1. The van der Waals surface area contributed by atoms with Gasteiger partial charge in [-0.15, -0.1) is 0 Å². The van der Waals surface area contributed by atoms with Crippen molar-refractivity contribution in [2.45, 2.75) is 13.8 Å². The van der Waals surface area contributed by atoms with Gasteiger partial charge in [-0.25, -0.2) is 0 Å². The maximum atomic E-state index is 6.40. The van der Waals surface area contributed by atoms with E-state index < -0.39 is 0 Å². The highest BCUT2D eigenvalue weighted by atomic mass is 35.5. The summed E-state index contributed by atoms with van der Waals surface area (Å²) in [6.07, 6.45) is 0. The summed E-state index contributed by atoms with van der Waals surface area (Å²) in [5, 5.41) is 0.703. The zero-order valence-electron chi connectivity index (χ0n) is 12.7. The van der Waals surface area contributed by atoms with Crippen molar-refractivity contribution >= 4 is 34.5 Å². The number of hydrogen-bond acceptors (Lipinski definition) is 3. The fourth-order valence-corrected chi connectivity index (χ4v) is 2.42. The molecule has 5 heteroatoms. The summed E-state index contributed by atoms with van der Waals surface area (Å²) in [7, 11) is 4.15. The van der Waals surface area contributed by atoms with Crippen molar-refractivity contribution in [2.24, 2.45) is 11.7 Å². The molecule has 0 aromatic heterocycles. The Morgan fingerprint density at radius 2 is 1.95 bits per heavy atom. The van der Waals surface area contributed by atoms with E-state index >= 15 is 0 Å². The standard InChI is InChI=1S/C15H24ClN3S/c1-11(2)10-19(8-7-18(3)4)14-6-5-12(15(17)20)9-13(14)16/h5-6,9,11H,7-8,10H2,1-4H3,(H2,17,20). The predicted molar refractivity (Wildman–Crippen MR) is 92.9 cm³/mol. The third-order valence-corrected chi connectivity index (χ3v) is 3.51. The van der Waals surface area contributed by atoms with Gasteiger partial charge in [-0.2, -0.15) is 0 Å². The summed E-state index contributed by atoms with van der Waals surface area (Å²) >= 11 is 11.4. The quantitative estimate of drug-likeness (QED) is 0.784. The fraction of sp³-hybridized carbons (Fsp3) is 0.533. The van der Waals surface area contributed by atoms with Gasteiger partial charge in [0.2, 0.25) is 0 Å². The smallest absolute Gasteiger partial charge is 0.104 e. The second-order valence-electron chi connectivity index (χ2n) is 5.67. The number of nitrogens with two attached hydrogens (primary N) is 1. The SMILES string of the molecule is CC(C)CN(CCN(C)C)c1ccc(C(N)=S)cc1Cl. The van der Waals surface area contributed by atoms with E-state index in [2.05, 4.69) is 37.7 Å². The lowest BCUT2D eigenvalue weighted by Gasteiger charge is -2.29. The van der Waals surface area contributed by atoms with Crippen LogP contribution < -0.4 is 10.6 Å². The molecule has 0 bridgehead atoms. The number of rotatable bonds is 7. The maximum Gasteiger partial charge on any atom is 0.104 e. The lowest BCUT2D eigenvalue weighted by atomic mass is 10.1. The van der Waals surface area contributed by atoms with Crippen LogP contribution in [0.3, 0.4) is 0 Å². The molecule has 0 aliphatic rings. The summed E-state index contributed by atoms with van der Waals surface area (Å²) < 4.78 is 0. The molecule has 0 spiro atoms. The summed E-state index contributed by atoms with van der Waals surface area (Å²) in [5.41, 5.74) is 7.50. The zero-order chi connectivity index (χ0) is 15.3. The lowest BCUT2D eigenvalue weighted by molar-refractivity contribution is 0.409. The van der Waals surface area contributed by atoms with Gasteiger partial charge < -0.3 is 15.5 Å². The van der Waals surface area contributed by atoms with Gasteiger partial charge >= 0.3 is 0 Å².